The average molecular weight is 449 g/mol. The van der Waals surface area contributed by atoms with Gasteiger partial charge >= 0.3 is 0 Å². The molecular weight excluding hydrogens is 425 g/mol. The number of rotatable bonds is 6. The van der Waals surface area contributed by atoms with Crippen LogP contribution in [0.2, 0.25) is 0 Å². The quantitative estimate of drug-likeness (QED) is 0.400. The predicted molar refractivity (Wildman–Crippen MR) is 105 cm³/mol. The molecule has 2 rings (SSSR count). The first-order valence-electron chi connectivity index (χ1n) is 7.38. The highest BCUT2D eigenvalue weighted by Gasteiger charge is 2.05. The van der Waals surface area contributed by atoms with Crippen LogP contribution in [-0.4, -0.2) is 38.8 Å². The first-order chi connectivity index (χ1) is 10.6. The summed E-state index contributed by atoms with van der Waals surface area (Å²) in [6, 6.07) is 0. The van der Waals surface area contributed by atoms with E-state index >= 15 is 0 Å². The topological polar surface area (TPSA) is 80.0 Å². The molecule has 0 radical (unpaired) electrons. The summed E-state index contributed by atoms with van der Waals surface area (Å²) in [6.45, 7) is 8.12. The minimum Gasteiger partial charge on any atom is -0.357 e. The number of nitrogens with zero attached hydrogens (tertiary/aromatic N) is 5. The van der Waals surface area contributed by atoms with Gasteiger partial charge in [0.25, 0.3) is 0 Å². The maximum Gasteiger partial charge on any atom is 0.191 e. The lowest BCUT2D eigenvalue weighted by Crippen LogP contribution is -2.38. The maximum atomic E-state index is 4.55. The fourth-order valence-corrected chi connectivity index (χ4v) is 2.56. The molecule has 23 heavy (non-hydrogen) atoms. The van der Waals surface area contributed by atoms with E-state index in [1.807, 2.05) is 32.4 Å². The number of aliphatic imine (C=N–C) groups is 1. The summed E-state index contributed by atoms with van der Waals surface area (Å²) in [5.41, 5.74) is 1.12. The molecule has 0 amide bonds. The van der Waals surface area contributed by atoms with Crippen molar-refractivity contribution in [2.45, 2.75) is 33.7 Å². The zero-order chi connectivity index (χ0) is 15.9. The molecule has 0 saturated heterocycles. The number of aromatic nitrogens is 4. The van der Waals surface area contributed by atoms with E-state index in [1.54, 1.807) is 11.3 Å². The molecular formula is C14H24IN7S. The molecule has 0 saturated carbocycles. The fourth-order valence-electron chi connectivity index (χ4n) is 1.91. The smallest absolute Gasteiger partial charge is 0.191 e. The lowest BCUT2D eigenvalue weighted by atomic mass is 10.3. The molecule has 0 fully saturated rings. The number of thiazole rings is 1. The molecule has 9 heteroatoms. The van der Waals surface area contributed by atoms with Crippen LogP contribution in [-0.2, 0) is 20.0 Å². The van der Waals surface area contributed by atoms with Crippen molar-refractivity contribution >= 4 is 41.3 Å². The lowest BCUT2D eigenvalue weighted by Gasteiger charge is -2.10. The molecule has 2 heterocycles. The number of guanidine groups is 1. The van der Waals surface area contributed by atoms with Crippen LogP contribution in [0, 0.1) is 13.8 Å². The van der Waals surface area contributed by atoms with Crippen LogP contribution in [0.25, 0.3) is 0 Å². The van der Waals surface area contributed by atoms with Gasteiger partial charge in [0.1, 0.15) is 12.4 Å². The third-order valence-corrected chi connectivity index (χ3v) is 4.07. The second kappa shape index (κ2) is 9.81. The number of halogens is 1. The Labute approximate surface area is 158 Å². The molecule has 0 unspecified atom stereocenters. The number of hydrogen-bond acceptors (Lipinski definition) is 5. The van der Waals surface area contributed by atoms with E-state index in [1.165, 1.54) is 0 Å². The third kappa shape index (κ3) is 6.05. The van der Waals surface area contributed by atoms with Crippen molar-refractivity contribution in [1.29, 1.82) is 0 Å². The summed E-state index contributed by atoms with van der Waals surface area (Å²) in [5.74, 6) is 2.53. The van der Waals surface area contributed by atoms with Crippen molar-refractivity contribution in [2.75, 3.05) is 13.1 Å². The van der Waals surface area contributed by atoms with Crippen molar-refractivity contribution in [3.8, 4) is 0 Å². The second-order valence-corrected chi connectivity index (χ2v) is 6.01. The van der Waals surface area contributed by atoms with Crippen LogP contribution in [0.4, 0.5) is 0 Å². The van der Waals surface area contributed by atoms with Crippen molar-refractivity contribution in [1.82, 2.24) is 30.4 Å². The van der Waals surface area contributed by atoms with Crippen LogP contribution in [0.15, 0.2) is 10.4 Å². The Morgan fingerprint density at radius 2 is 2.09 bits per heavy atom. The van der Waals surface area contributed by atoms with Gasteiger partial charge in [0.2, 0.25) is 0 Å². The fraction of sp³-hybridized carbons (Fsp3) is 0.571. The van der Waals surface area contributed by atoms with E-state index in [0.717, 1.165) is 47.8 Å². The molecule has 0 aliphatic heterocycles. The highest BCUT2D eigenvalue weighted by Crippen LogP contribution is 2.07. The molecule has 2 aromatic heterocycles. The number of hydrogen-bond donors (Lipinski definition) is 2. The van der Waals surface area contributed by atoms with Gasteiger partial charge in [-0.25, -0.2) is 9.98 Å². The normalized spacial score (nSPS) is 11.2. The van der Waals surface area contributed by atoms with Crippen LogP contribution < -0.4 is 10.6 Å². The highest BCUT2D eigenvalue weighted by molar-refractivity contribution is 14.0. The first-order valence-corrected chi connectivity index (χ1v) is 8.26. The monoisotopic (exact) mass is 449 g/mol. The van der Waals surface area contributed by atoms with Gasteiger partial charge in [0.15, 0.2) is 11.8 Å². The summed E-state index contributed by atoms with van der Waals surface area (Å²) in [4.78, 5) is 9.01. The van der Waals surface area contributed by atoms with Crippen molar-refractivity contribution < 1.29 is 0 Å². The van der Waals surface area contributed by atoms with Gasteiger partial charge in [-0.1, -0.05) is 0 Å². The summed E-state index contributed by atoms with van der Waals surface area (Å²) in [6.07, 6.45) is 0.887. The Morgan fingerprint density at radius 1 is 1.30 bits per heavy atom. The molecule has 0 aliphatic rings. The third-order valence-electron chi connectivity index (χ3n) is 3.25. The zero-order valence-electron chi connectivity index (χ0n) is 14.0. The molecule has 0 aromatic carbocycles. The van der Waals surface area contributed by atoms with Crippen LogP contribution in [0.3, 0.4) is 0 Å². The Morgan fingerprint density at radius 3 is 2.65 bits per heavy atom. The van der Waals surface area contributed by atoms with Crippen molar-refractivity contribution in [3.05, 3.63) is 27.7 Å². The molecule has 2 N–H and O–H groups in total. The standard InChI is InChI=1S/C14H23N7S.HI/c1-5-15-14(16-7-6-12-9-22-11(3)18-12)17-8-13-20-19-10(2)21(13)4;/h9H,5-8H2,1-4H3,(H2,15,16,17);1H. The van der Waals surface area contributed by atoms with Crippen LogP contribution >= 0.6 is 35.3 Å². The zero-order valence-corrected chi connectivity index (χ0v) is 17.1. The average Bonchev–Trinajstić information content (AvgIpc) is 3.04. The Bertz CT molecular complexity index is 635. The maximum absolute atomic E-state index is 4.55. The molecule has 0 spiro atoms. The largest absolute Gasteiger partial charge is 0.357 e. The van der Waals surface area contributed by atoms with Gasteiger partial charge in [0, 0.05) is 31.9 Å². The SMILES string of the molecule is CCNC(=NCc1nnc(C)n1C)NCCc1csc(C)n1.I. The van der Waals surface area contributed by atoms with Gasteiger partial charge in [-0.05, 0) is 20.8 Å². The van der Waals surface area contributed by atoms with Crippen LogP contribution in [0.5, 0.6) is 0 Å². The van der Waals surface area contributed by atoms with Crippen molar-refractivity contribution in [3.63, 3.8) is 0 Å². The van der Waals surface area contributed by atoms with E-state index in [4.69, 9.17) is 0 Å². The summed E-state index contributed by atoms with van der Waals surface area (Å²) in [7, 11) is 1.95. The van der Waals surface area contributed by atoms with Gasteiger partial charge in [-0.3, -0.25) is 0 Å². The van der Waals surface area contributed by atoms with Gasteiger partial charge in [0.05, 0.1) is 10.7 Å². The van der Waals surface area contributed by atoms with E-state index in [-0.39, 0.29) is 24.0 Å². The molecule has 0 aliphatic carbocycles. The summed E-state index contributed by atoms with van der Waals surface area (Å²) < 4.78 is 1.95. The summed E-state index contributed by atoms with van der Waals surface area (Å²) in [5, 5.41) is 17.9. The number of nitrogens with one attached hydrogen (secondary N) is 2. The Hall–Kier alpha value is -1.23. The first kappa shape index (κ1) is 19.8. The molecule has 0 bridgehead atoms. The van der Waals surface area contributed by atoms with Crippen LogP contribution in [0.1, 0.15) is 29.3 Å². The molecule has 2 aromatic rings. The summed E-state index contributed by atoms with van der Waals surface area (Å²) >= 11 is 1.68. The Balaban J connectivity index is 0.00000264. The minimum absolute atomic E-state index is 0. The van der Waals surface area contributed by atoms with Crippen molar-refractivity contribution in [2.24, 2.45) is 12.0 Å². The van der Waals surface area contributed by atoms with E-state index in [2.05, 4.69) is 36.2 Å². The van der Waals surface area contributed by atoms with Gasteiger partial charge < -0.3 is 15.2 Å². The second-order valence-electron chi connectivity index (χ2n) is 4.95. The highest BCUT2D eigenvalue weighted by atomic mass is 127. The van der Waals surface area contributed by atoms with Gasteiger partial charge in [-0.2, -0.15) is 0 Å². The minimum atomic E-state index is 0. The van der Waals surface area contributed by atoms with E-state index < -0.39 is 0 Å². The van der Waals surface area contributed by atoms with E-state index in [0.29, 0.717) is 6.54 Å². The van der Waals surface area contributed by atoms with E-state index in [9.17, 15) is 0 Å². The molecule has 128 valence electrons. The molecule has 0 atom stereocenters. The lowest BCUT2D eigenvalue weighted by molar-refractivity contribution is 0.751. The number of aryl methyl sites for hydroxylation is 2. The molecule has 7 nitrogen and oxygen atoms in total. The van der Waals surface area contributed by atoms with Gasteiger partial charge in [-0.15, -0.1) is 45.5 Å². The predicted octanol–water partition coefficient (Wildman–Crippen LogP) is 1.80. The Kier molecular flexibility index (Phi) is 8.45.